The van der Waals surface area contributed by atoms with Gasteiger partial charge < -0.3 is 5.32 Å². The summed E-state index contributed by atoms with van der Waals surface area (Å²) in [7, 11) is 0. The van der Waals surface area contributed by atoms with Gasteiger partial charge in [0.1, 0.15) is 11.6 Å². The molecule has 2 aromatic rings. The zero-order chi connectivity index (χ0) is 13.7. The molecule has 5 heteroatoms. The molecule has 2 amide bonds. The van der Waals surface area contributed by atoms with E-state index in [1.54, 1.807) is 30.3 Å². The van der Waals surface area contributed by atoms with E-state index >= 15 is 0 Å². The normalized spacial score (nSPS) is 10.0. The summed E-state index contributed by atoms with van der Waals surface area (Å²) in [6, 6.07) is 11.2. The number of amides is 2. The Bertz CT molecular complexity index is 586. The zero-order valence-corrected chi connectivity index (χ0v) is 10.5. The Labute approximate surface area is 110 Å². The van der Waals surface area contributed by atoms with E-state index in [0.717, 1.165) is 5.69 Å². The number of hydrogen-bond acceptors (Lipinski definition) is 2. The van der Waals surface area contributed by atoms with E-state index in [4.69, 9.17) is 0 Å². The Hall–Kier alpha value is -2.43. The van der Waals surface area contributed by atoms with E-state index in [1.807, 2.05) is 13.0 Å². The van der Waals surface area contributed by atoms with Crippen LogP contribution in [-0.4, -0.2) is 11.0 Å². The average Bonchev–Trinajstić information content (AvgIpc) is 2.38. The van der Waals surface area contributed by atoms with Crippen LogP contribution in [0.25, 0.3) is 0 Å². The van der Waals surface area contributed by atoms with Crippen LogP contribution in [0.1, 0.15) is 11.3 Å². The highest BCUT2D eigenvalue weighted by molar-refractivity contribution is 5.88. The van der Waals surface area contributed by atoms with E-state index < -0.39 is 6.03 Å². The number of carbonyl (C=O) groups excluding carboxylic acids is 1. The molecule has 1 aromatic carbocycles. The largest absolute Gasteiger partial charge is 0.334 e. The van der Waals surface area contributed by atoms with Crippen LogP contribution < -0.4 is 10.6 Å². The maximum atomic E-state index is 13.3. The van der Waals surface area contributed by atoms with Crippen LogP contribution in [0.15, 0.2) is 42.5 Å². The van der Waals surface area contributed by atoms with Gasteiger partial charge in [0.2, 0.25) is 0 Å². The van der Waals surface area contributed by atoms with Crippen LogP contribution in [0.3, 0.4) is 0 Å². The second kappa shape index (κ2) is 5.95. The van der Waals surface area contributed by atoms with Crippen LogP contribution in [0.4, 0.5) is 15.0 Å². The van der Waals surface area contributed by atoms with Gasteiger partial charge in [-0.3, -0.25) is 5.32 Å². The van der Waals surface area contributed by atoms with E-state index in [1.165, 1.54) is 6.07 Å². The maximum absolute atomic E-state index is 13.3. The monoisotopic (exact) mass is 259 g/mol. The van der Waals surface area contributed by atoms with Gasteiger partial charge in [-0.05, 0) is 25.1 Å². The Balaban J connectivity index is 1.90. The predicted octanol–water partition coefficient (Wildman–Crippen LogP) is 2.85. The standard InChI is InChI=1S/C14H14FN3O/c1-10-5-4-8-13(17-10)18-14(19)16-9-11-6-2-3-7-12(11)15/h2-8H,9H2,1H3,(H2,16,17,18,19). The van der Waals surface area contributed by atoms with E-state index in [2.05, 4.69) is 15.6 Å². The fraction of sp³-hybridized carbons (Fsp3) is 0.143. The predicted molar refractivity (Wildman–Crippen MR) is 71.2 cm³/mol. The molecule has 0 aliphatic heterocycles. The lowest BCUT2D eigenvalue weighted by molar-refractivity contribution is 0.251. The molecule has 0 aliphatic carbocycles. The first-order chi connectivity index (χ1) is 9.15. The molecule has 19 heavy (non-hydrogen) atoms. The third kappa shape index (κ3) is 3.77. The van der Waals surface area contributed by atoms with Gasteiger partial charge in [0.15, 0.2) is 0 Å². The van der Waals surface area contributed by atoms with Crippen molar-refractivity contribution >= 4 is 11.8 Å². The van der Waals surface area contributed by atoms with Crippen LogP contribution in [0.2, 0.25) is 0 Å². The molecule has 0 aliphatic rings. The molecule has 4 nitrogen and oxygen atoms in total. The lowest BCUT2D eigenvalue weighted by Gasteiger charge is -2.08. The number of aryl methyl sites for hydroxylation is 1. The Morgan fingerprint density at radius 3 is 2.74 bits per heavy atom. The maximum Gasteiger partial charge on any atom is 0.320 e. The molecule has 0 saturated heterocycles. The van der Waals surface area contributed by atoms with Gasteiger partial charge in [0.25, 0.3) is 0 Å². The van der Waals surface area contributed by atoms with Gasteiger partial charge in [-0.2, -0.15) is 0 Å². The highest BCUT2D eigenvalue weighted by Crippen LogP contribution is 2.06. The Morgan fingerprint density at radius 2 is 2.00 bits per heavy atom. The molecule has 0 atom stereocenters. The van der Waals surface area contributed by atoms with Crippen molar-refractivity contribution in [3.8, 4) is 0 Å². The fourth-order valence-electron chi connectivity index (χ4n) is 1.59. The summed E-state index contributed by atoms with van der Waals surface area (Å²) < 4.78 is 13.3. The topological polar surface area (TPSA) is 54.0 Å². The first kappa shape index (κ1) is 13.0. The lowest BCUT2D eigenvalue weighted by Crippen LogP contribution is -2.28. The summed E-state index contributed by atoms with van der Waals surface area (Å²) in [5.74, 6) is 0.127. The minimum atomic E-state index is -0.415. The number of anilines is 1. The SMILES string of the molecule is Cc1cccc(NC(=O)NCc2ccccc2F)n1. The third-order valence-corrected chi connectivity index (χ3v) is 2.53. The highest BCUT2D eigenvalue weighted by atomic mass is 19.1. The molecule has 1 heterocycles. The highest BCUT2D eigenvalue weighted by Gasteiger charge is 2.05. The minimum Gasteiger partial charge on any atom is -0.334 e. The number of carbonyl (C=O) groups is 1. The van der Waals surface area contributed by atoms with Crippen molar-refractivity contribution in [2.24, 2.45) is 0 Å². The first-order valence-corrected chi connectivity index (χ1v) is 5.87. The number of hydrogen-bond donors (Lipinski definition) is 2. The van der Waals surface area contributed by atoms with Gasteiger partial charge >= 0.3 is 6.03 Å². The lowest BCUT2D eigenvalue weighted by atomic mass is 10.2. The summed E-state index contributed by atoms with van der Waals surface area (Å²) >= 11 is 0. The molecule has 0 spiro atoms. The second-order valence-electron chi connectivity index (χ2n) is 4.06. The molecule has 0 unspecified atom stereocenters. The van der Waals surface area contributed by atoms with Crippen molar-refractivity contribution in [3.05, 3.63) is 59.5 Å². The summed E-state index contributed by atoms with van der Waals surface area (Å²) in [6.07, 6.45) is 0. The average molecular weight is 259 g/mol. The molecule has 0 radical (unpaired) electrons. The number of nitrogens with zero attached hydrogens (tertiary/aromatic N) is 1. The number of pyridine rings is 1. The molecule has 1 aromatic heterocycles. The zero-order valence-electron chi connectivity index (χ0n) is 10.5. The third-order valence-electron chi connectivity index (χ3n) is 2.53. The first-order valence-electron chi connectivity index (χ1n) is 5.87. The minimum absolute atomic E-state index is 0.129. The number of nitrogens with one attached hydrogen (secondary N) is 2. The van der Waals surface area contributed by atoms with Crippen molar-refractivity contribution in [3.63, 3.8) is 0 Å². The van der Waals surface area contributed by atoms with Gasteiger partial charge in [-0.1, -0.05) is 24.3 Å². The quantitative estimate of drug-likeness (QED) is 0.890. The summed E-state index contributed by atoms with van der Waals surface area (Å²) in [6.45, 7) is 1.97. The Kier molecular flexibility index (Phi) is 4.07. The van der Waals surface area contributed by atoms with Crippen LogP contribution in [0.5, 0.6) is 0 Å². The van der Waals surface area contributed by atoms with Crippen molar-refractivity contribution in [2.45, 2.75) is 13.5 Å². The fourth-order valence-corrected chi connectivity index (χ4v) is 1.59. The molecule has 0 fully saturated rings. The summed E-state index contributed by atoms with van der Waals surface area (Å²) in [4.78, 5) is 15.8. The van der Waals surface area contributed by atoms with Crippen LogP contribution >= 0.6 is 0 Å². The molecule has 2 N–H and O–H groups in total. The number of halogens is 1. The van der Waals surface area contributed by atoms with Gasteiger partial charge in [0.05, 0.1) is 0 Å². The molecule has 0 saturated carbocycles. The van der Waals surface area contributed by atoms with Crippen LogP contribution in [0, 0.1) is 12.7 Å². The number of rotatable bonds is 3. The van der Waals surface area contributed by atoms with Gasteiger partial charge in [-0.15, -0.1) is 0 Å². The van der Waals surface area contributed by atoms with Gasteiger partial charge in [0, 0.05) is 17.8 Å². The Morgan fingerprint density at radius 1 is 1.21 bits per heavy atom. The molecular weight excluding hydrogens is 245 g/mol. The number of aromatic nitrogens is 1. The van der Waals surface area contributed by atoms with Crippen molar-refractivity contribution in [2.75, 3.05) is 5.32 Å². The molecule has 2 rings (SSSR count). The summed E-state index contributed by atoms with van der Waals surface area (Å²) in [5.41, 5.74) is 1.25. The molecule has 98 valence electrons. The number of benzene rings is 1. The van der Waals surface area contributed by atoms with E-state index in [0.29, 0.717) is 11.4 Å². The molecule has 0 bridgehead atoms. The van der Waals surface area contributed by atoms with Crippen molar-refractivity contribution in [1.29, 1.82) is 0 Å². The summed E-state index contributed by atoms with van der Waals surface area (Å²) in [5, 5.41) is 5.17. The number of urea groups is 1. The van der Waals surface area contributed by atoms with E-state index in [9.17, 15) is 9.18 Å². The molecular formula is C14H14FN3O. The van der Waals surface area contributed by atoms with Gasteiger partial charge in [-0.25, -0.2) is 14.2 Å². The van der Waals surface area contributed by atoms with Crippen LogP contribution in [-0.2, 0) is 6.54 Å². The smallest absolute Gasteiger partial charge is 0.320 e. The van der Waals surface area contributed by atoms with Crippen molar-refractivity contribution < 1.29 is 9.18 Å². The van der Waals surface area contributed by atoms with E-state index in [-0.39, 0.29) is 12.4 Å². The second-order valence-corrected chi connectivity index (χ2v) is 4.06. The van der Waals surface area contributed by atoms with Crippen molar-refractivity contribution in [1.82, 2.24) is 10.3 Å².